The van der Waals surface area contributed by atoms with Crippen molar-refractivity contribution in [1.29, 1.82) is 0 Å². The minimum absolute atomic E-state index is 0.187. The molecular formula is C15H19NO5. The van der Waals surface area contributed by atoms with Gasteiger partial charge in [0.15, 0.2) is 6.29 Å². The van der Waals surface area contributed by atoms with E-state index in [1.54, 1.807) is 6.07 Å². The van der Waals surface area contributed by atoms with Crippen LogP contribution in [0.4, 0.5) is 0 Å². The van der Waals surface area contributed by atoms with Crippen LogP contribution in [0.5, 0.6) is 5.75 Å². The number of aldehydes is 1. The highest BCUT2D eigenvalue weighted by Gasteiger charge is 2.13. The predicted molar refractivity (Wildman–Crippen MR) is 76.6 cm³/mol. The Balaban J connectivity index is 2.59. The highest BCUT2D eigenvalue weighted by Crippen LogP contribution is 2.16. The molecule has 0 aromatic heterocycles. The molecule has 0 unspecified atom stereocenters. The molecule has 0 saturated heterocycles. The molecule has 1 amide bonds. The Morgan fingerprint density at radius 1 is 1.33 bits per heavy atom. The highest BCUT2D eigenvalue weighted by atomic mass is 16.5. The third-order valence-electron chi connectivity index (χ3n) is 2.78. The monoisotopic (exact) mass is 293 g/mol. The summed E-state index contributed by atoms with van der Waals surface area (Å²) in [6, 6.07) is 4.50. The van der Waals surface area contributed by atoms with Crippen molar-refractivity contribution in [2.45, 2.75) is 19.8 Å². The number of nitrogens with one attached hydrogen (secondary N) is 1. The molecule has 114 valence electrons. The molecular weight excluding hydrogens is 274 g/mol. The van der Waals surface area contributed by atoms with E-state index >= 15 is 0 Å². The summed E-state index contributed by atoms with van der Waals surface area (Å²) in [5.74, 6) is -0.530. The largest absolute Gasteiger partial charge is 0.497 e. The summed E-state index contributed by atoms with van der Waals surface area (Å²) in [7, 11) is 1.47. The third kappa shape index (κ3) is 5.25. The van der Waals surface area contributed by atoms with Gasteiger partial charge < -0.3 is 14.8 Å². The fraction of sp³-hybridized carbons (Fsp3) is 0.400. The van der Waals surface area contributed by atoms with Crippen LogP contribution in [0.1, 0.15) is 40.5 Å². The summed E-state index contributed by atoms with van der Waals surface area (Å²) in [4.78, 5) is 34.3. The Kier molecular flexibility index (Phi) is 6.94. The van der Waals surface area contributed by atoms with Crippen molar-refractivity contribution in [3.63, 3.8) is 0 Å². The van der Waals surface area contributed by atoms with Crippen LogP contribution in [0.15, 0.2) is 18.2 Å². The van der Waals surface area contributed by atoms with Gasteiger partial charge in [0.2, 0.25) is 0 Å². The second-order valence-corrected chi connectivity index (χ2v) is 4.33. The Bertz CT molecular complexity index is 513. The molecule has 0 aliphatic rings. The minimum Gasteiger partial charge on any atom is -0.497 e. The van der Waals surface area contributed by atoms with Gasteiger partial charge in [-0.15, -0.1) is 0 Å². The van der Waals surface area contributed by atoms with Crippen molar-refractivity contribution in [2.75, 3.05) is 20.3 Å². The van der Waals surface area contributed by atoms with E-state index in [1.165, 1.54) is 19.2 Å². The Labute approximate surface area is 123 Å². The molecule has 1 aromatic rings. The van der Waals surface area contributed by atoms with Gasteiger partial charge >= 0.3 is 5.97 Å². The van der Waals surface area contributed by atoms with Crippen LogP contribution in [0.2, 0.25) is 0 Å². The van der Waals surface area contributed by atoms with Crippen molar-refractivity contribution < 1.29 is 23.9 Å². The zero-order valence-electron chi connectivity index (χ0n) is 12.2. The molecule has 0 radical (unpaired) electrons. The molecule has 21 heavy (non-hydrogen) atoms. The number of ether oxygens (including phenoxy) is 2. The number of carbonyl (C=O) groups excluding carboxylic acids is 3. The second kappa shape index (κ2) is 8.73. The Morgan fingerprint density at radius 2 is 2.10 bits per heavy atom. The number of carbonyl (C=O) groups is 3. The van der Waals surface area contributed by atoms with Crippen LogP contribution in [0.3, 0.4) is 0 Å². The summed E-state index contributed by atoms with van der Waals surface area (Å²) in [5, 5.41) is 2.42. The molecule has 0 bridgehead atoms. The molecule has 0 aliphatic carbocycles. The lowest BCUT2D eigenvalue weighted by Gasteiger charge is -2.08. The number of methoxy groups -OCH3 is 1. The van der Waals surface area contributed by atoms with E-state index in [2.05, 4.69) is 5.32 Å². The van der Waals surface area contributed by atoms with E-state index < -0.39 is 11.9 Å². The van der Waals surface area contributed by atoms with Gasteiger partial charge in [-0.2, -0.15) is 0 Å². The number of esters is 1. The SMILES string of the molecule is CCCCOC(=O)CNC(=O)c1ccc(OC)cc1C=O. The summed E-state index contributed by atoms with van der Waals surface area (Å²) in [5.41, 5.74) is 0.387. The molecule has 1 N–H and O–H groups in total. The highest BCUT2D eigenvalue weighted by molar-refractivity contribution is 6.02. The molecule has 0 heterocycles. The number of benzene rings is 1. The van der Waals surface area contributed by atoms with Gasteiger partial charge in [-0.05, 0) is 24.6 Å². The molecule has 0 atom stereocenters. The van der Waals surface area contributed by atoms with Gasteiger partial charge in [0.25, 0.3) is 5.91 Å². The first-order valence-electron chi connectivity index (χ1n) is 6.69. The van der Waals surface area contributed by atoms with E-state index in [-0.39, 0.29) is 17.7 Å². The number of unbranched alkanes of at least 4 members (excludes halogenated alkanes) is 1. The zero-order chi connectivity index (χ0) is 15.7. The van der Waals surface area contributed by atoms with Crippen LogP contribution in [-0.4, -0.2) is 38.4 Å². The van der Waals surface area contributed by atoms with Crippen LogP contribution in [0.25, 0.3) is 0 Å². The second-order valence-electron chi connectivity index (χ2n) is 4.33. The lowest BCUT2D eigenvalue weighted by molar-refractivity contribution is -0.142. The van der Waals surface area contributed by atoms with E-state index in [0.717, 1.165) is 12.8 Å². The van der Waals surface area contributed by atoms with Crippen molar-refractivity contribution >= 4 is 18.2 Å². The quantitative estimate of drug-likeness (QED) is 0.447. The van der Waals surface area contributed by atoms with Gasteiger partial charge in [-0.3, -0.25) is 14.4 Å². The van der Waals surface area contributed by atoms with Gasteiger partial charge in [0.1, 0.15) is 12.3 Å². The fourth-order valence-electron chi connectivity index (χ4n) is 1.60. The van der Waals surface area contributed by atoms with Gasteiger partial charge in [0, 0.05) is 5.56 Å². The summed E-state index contributed by atoms with van der Waals surface area (Å²) < 4.78 is 9.90. The molecule has 1 rings (SSSR count). The fourth-order valence-corrected chi connectivity index (χ4v) is 1.60. The van der Waals surface area contributed by atoms with Crippen LogP contribution >= 0.6 is 0 Å². The van der Waals surface area contributed by atoms with Gasteiger partial charge in [-0.1, -0.05) is 13.3 Å². The Hall–Kier alpha value is -2.37. The molecule has 1 aromatic carbocycles. The van der Waals surface area contributed by atoms with E-state index in [4.69, 9.17) is 9.47 Å². The number of amides is 1. The van der Waals surface area contributed by atoms with E-state index in [1.807, 2.05) is 6.92 Å². The molecule has 0 spiro atoms. The molecule has 0 aliphatic heterocycles. The van der Waals surface area contributed by atoms with Crippen LogP contribution < -0.4 is 10.1 Å². The first-order valence-corrected chi connectivity index (χ1v) is 6.69. The first kappa shape index (κ1) is 16.7. The zero-order valence-corrected chi connectivity index (χ0v) is 12.2. The maximum atomic E-state index is 11.9. The lowest BCUT2D eigenvalue weighted by Crippen LogP contribution is -2.31. The van der Waals surface area contributed by atoms with Crippen LogP contribution in [-0.2, 0) is 9.53 Å². The standard InChI is InChI=1S/C15H19NO5/c1-3-4-7-21-14(18)9-16-15(19)13-6-5-12(20-2)8-11(13)10-17/h5-6,8,10H,3-4,7,9H2,1-2H3,(H,16,19). The summed E-state index contributed by atoms with van der Waals surface area (Å²) >= 11 is 0. The molecule has 6 nitrogen and oxygen atoms in total. The minimum atomic E-state index is -0.507. The number of hydrogen-bond acceptors (Lipinski definition) is 5. The lowest BCUT2D eigenvalue weighted by atomic mass is 10.1. The Morgan fingerprint density at radius 3 is 2.71 bits per heavy atom. The van der Waals surface area contributed by atoms with Crippen molar-refractivity contribution in [2.24, 2.45) is 0 Å². The van der Waals surface area contributed by atoms with Gasteiger partial charge in [0.05, 0.1) is 19.3 Å². The predicted octanol–water partition coefficient (Wildman–Crippen LogP) is 1.58. The van der Waals surface area contributed by atoms with Crippen molar-refractivity contribution in [3.05, 3.63) is 29.3 Å². The number of hydrogen-bond donors (Lipinski definition) is 1. The normalized spacial score (nSPS) is 9.81. The average Bonchev–Trinajstić information content (AvgIpc) is 2.52. The van der Waals surface area contributed by atoms with Crippen molar-refractivity contribution in [3.8, 4) is 5.75 Å². The van der Waals surface area contributed by atoms with Gasteiger partial charge in [-0.25, -0.2) is 0 Å². The van der Waals surface area contributed by atoms with E-state index in [9.17, 15) is 14.4 Å². The first-order chi connectivity index (χ1) is 10.1. The van der Waals surface area contributed by atoms with E-state index in [0.29, 0.717) is 18.6 Å². The smallest absolute Gasteiger partial charge is 0.325 e. The van der Waals surface area contributed by atoms with Crippen LogP contribution in [0, 0.1) is 0 Å². The molecule has 0 saturated carbocycles. The summed E-state index contributed by atoms with van der Waals surface area (Å²) in [6.45, 7) is 2.10. The average molecular weight is 293 g/mol. The third-order valence-corrected chi connectivity index (χ3v) is 2.78. The summed E-state index contributed by atoms with van der Waals surface area (Å²) in [6.07, 6.45) is 2.28. The molecule has 6 heteroatoms. The topological polar surface area (TPSA) is 81.7 Å². The maximum Gasteiger partial charge on any atom is 0.325 e. The van der Waals surface area contributed by atoms with Crippen molar-refractivity contribution in [1.82, 2.24) is 5.32 Å². The molecule has 0 fully saturated rings. The number of rotatable bonds is 8. The maximum absolute atomic E-state index is 11.9.